The second kappa shape index (κ2) is 23.6. The Labute approximate surface area is 188 Å². The van der Waals surface area contributed by atoms with E-state index in [1.54, 1.807) is 7.11 Å². The normalized spacial score (nSPS) is 10.6. The van der Waals surface area contributed by atoms with E-state index < -0.39 is 12.1 Å². The molecule has 188 valence electrons. The van der Waals surface area contributed by atoms with Gasteiger partial charge in [-0.1, -0.05) is 0 Å². The van der Waals surface area contributed by atoms with Crippen molar-refractivity contribution in [2.24, 2.45) is 0 Å². The molecule has 0 fully saturated rings. The monoisotopic (exact) mass is 467 g/mol. The zero-order chi connectivity index (χ0) is 23.7. The average molecular weight is 468 g/mol. The van der Waals surface area contributed by atoms with Gasteiger partial charge in [0.25, 0.3) is 0 Å². The SMILES string of the molecule is COCCNCC(=O)OCCNCC(=O)OCCOCCOCCOCCNC(=O)OC. The lowest BCUT2D eigenvalue weighted by Crippen LogP contribution is -2.31. The molecule has 0 aromatic carbocycles. The van der Waals surface area contributed by atoms with Gasteiger partial charge >= 0.3 is 18.0 Å². The van der Waals surface area contributed by atoms with Gasteiger partial charge < -0.3 is 49.1 Å². The van der Waals surface area contributed by atoms with E-state index in [4.69, 9.17) is 28.4 Å². The van der Waals surface area contributed by atoms with Crippen LogP contribution < -0.4 is 16.0 Å². The number of carbonyl (C=O) groups is 3. The van der Waals surface area contributed by atoms with Gasteiger partial charge in [-0.15, -0.1) is 0 Å². The van der Waals surface area contributed by atoms with Gasteiger partial charge in [-0.05, 0) is 0 Å². The van der Waals surface area contributed by atoms with E-state index in [-0.39, 0.29) is 38.9 Å². The van der Waals surface area contributed by atoms with Crippen LogP contribution in [0.4, 0.5) is 4.79 Å². The summed E-state index contributed by atoms with van der Waals surface area (Å²) in [6, 6.07) is 0. The summed E-state index contributed by atoms with van der Waals surface area (Å²) in [5.41, 5.74) is 0. The Morgan fingerprint density at radius 2 is 1.09 bits per heavy atom. The van der Waals surface area contributed by atoms with Crippen LogP contribution in [0.5, 0.6) is 0 Å². The van der Waals surface area contributed by atoms with Crippen molar-refractivity contribution >= 4 is 18.0 Å². The lowest BCUT2D eigenvalue weighted by molar-refractivity contribution is -0.144. The number of carbonyl (C=O) groups excluding carboxylic acids is 3. The number of ether oxygens (including phenoxy) is 7. The fourth-order valence-corrected chi connectivity index (χ4v) is 1.95. The number of hydrogen-bond donors (Lipinski definition) is 3. The minimum absolute atomic E-state index is 0.0158. The van der Waals surface area contributed by atoms with Crippen molar-refractivity contribution in [2.45, 2.75) is 0 Å². The summed E-state index contributed by atoms with van der Waals surface area (Å²) in [6.07, 6.45) is -0.496. The first kappa shape index (κ1) is 30.0. The molecular formula is C19H37N3O10. The Bertz CT molecular complexity index is 482. The van der Waals surface area contributed by atoms with Gasteiger partial charge in [0.05, 0.1) is 66.4 Å². The third kappa shape index (κ3) is 22.7. The Balaban J connectivity index is 3.27. The molecule has 0 rings (SSSR count). The van der Waals surface area contributed by atoms with E-state index in [1.807, 2.05) is 0 Å². The van der Waals surface area contributed by atoms with Crippen molar-refractivity contribution in [3.63, 3.8) is 0 Å². The molecule has 0 bridgehead atoms. The molecule has 3 N–H and O–H groups in total. The summed E-state index contributed by atoms with van der Waals surface area (Å²) >= 11 is 0. The Hall–Kier alpha value is -2.03. The molecule has 13 nitrogen and oxygen atoms in total. The van der Waals surface area contributed by atoms with Crippen LogP contribution in [0.1, 0.15) is 0 Å². The summed E-state index contributed by atoms with van der Waals surface area (Å²) < 4.78 is 35.1. The van der Waals surface area contributed by atoms with Crippen molar-refractivity contribution in [3.8, 4) is 0 Å². The molecular weight excluding hydrogens is 430 g/mol. The lowest BCUT2D eigenvalue weighted by atomic mass is 10.5. The first-order valence-electron chi connectivity index (χ1n) is 10.4. The fourth-order valence-electron chi connectivity index (χ4n) is 1.95. The largest absolute Gasteiger partial charge is 0.463 e. The highest BCUT2D eigenvalue weighted by molar-refractivity contribution is 5.72. The molecule has 0 aromatic heterocycles. The van der Waals surface area contributed by atoms with Gasteiger partial charge in [0.15, 0.2) is 0 Å². The van der Waals surface area contributed by atoms with Crippen LogP contribution >= 0.6 is 0 Å². The van der Waals surface area contributed by atoms with Crippen LogP contribution in [0.2, 0.25) is 0 Å². The Morgan fingerprint density at radius 1 is 0.594 bits per heavy atom. The second-order valence-electron chi connectivity index (χ2n) is 6.04. The van der Waals surface area contributed by atoms with Gasteiger partial charge in [0, 0.05) is 26.7 Å². The topological polar surface area (TPSA) is 152 Å². The molecule has 1 amide bonds. The fraction of sp³-hybridized carbons (Fsp3) is 0.842. The van der Waals surface area contributed by atoms with E-state index in [1.165, 1.54) is 7.11 Å². The highest BCUT2D eigenvalue weighted by Gasteiger charge is 2.04. The van der Waals surface area contributed by atoms with Crippen LogP contribution in [0.3, 0.4) is 0 Å². The first-order valence-corrected chi connectivity index (χ1v) is 10.4. The van der Waals surface area contributed by atoms with Crippen LogP contribution in [-0.2, 0) is 42.7 Å². The minimum Gasteiger partial charge on any atom is -0.463 e. The molecule has 0 radical (unpaired) electrons. The predicted octanol–water partition coefficient (Wildman–Crippen LogP) is -1.70. The van der Waals surface area contributed by atoms with E-state index in [0.717, 1.165) is 0 Å². The van der Waals surface area contributed by atoms with E-state index in [0.29, 0.717) is 59.3 Å². The highest BCUT2D eigenvalue weighted by atomic mass is 16.6. The van der Waals surface area contributed by atoms with Crippen LogP contribution in [-0.4, -0.2) is 124 Å². The number of rotatable bonds is 22. The maximum Gasteiger partial charge on any atom is 0.406 e. The van der Waals surface area contributed by atoms with Crippen molar-refractivity contribution in [1.29, 1.82) is 0 Å². The zero-order valence-electron chi connectivity index (χ0n) is 19.0. The second-order valence-corrected chi connectivity index (χ2v) is 6.04. The maximum atomic E-state index is 11.5. The summed E-state index contributed by atoms with van der Waals surface area (Å²) in [4.78, 5) is 33.7. The van der Waals surface area contributed by atoms with Crippen molar-refractivity contribution < 1.29 is 47.5 Å². The van der Waals surface area contributed by atoms with E-state index in [9.17, 15) is 14.4 Å². The number of hydrogen-bond acceptors (Lipinski definition) is 12. The van der Waals surface area contributed by atoms with Gasteiger partial charge in [-0.3, -0.25) is 9.59 Å². The molecule has 0 heterocycles. The van der Waals surface area contributed by atoms with Gasteiger partial charge in [0.1, 0.15) is 13.2 Å². The number of amides is 1. The van der Waals surface area contributed by atoms with Crippen LogP contribution in [0.15, 0.2) is 0 Å². The maximum absolute atomic E-state index is 11.5. The quantitative estimate of drug-likeness (QED) is 0.0946. The smallest absolute Gasteiger partial charge is 0.406 e. The molecule has 0 aliphatic heterocycles. The molecule has 0 unspecified atom stereocenters. The van der Waals surface area contributed by atoms with Crippen molar-refractivity contribution in [2.75, 3.05) is 106 Å². The van der Waals surface area contributed by atoms with Crippen LogP contribution in [0.25, 0.3) is 0 Å². The number of esters is 2. The molecule has 13 heteroatoms. The van der Waals surface area contributed by atoms with Gasteiger partial charge in [-0.25, -0.2) is 4.79 Å². The molecule has 0 aromatic rings. The summed E-state index contributed by atoms with van der Waals surface area (Å²) in [5, 5.41) is 8.19. The van der Waals surface area contributed by atoms with Gasteiger partial charge in [0.2, 0.25) is 0 Å². The zero-order valence-corrected chi connectivity index (χ0v) is 19.0. The summed E-state index contributed by atoms with van der Waals surface area (Å²) in [5.74, 6) is -0.789. The minimum atomic E-state index is -0.496. The molecule has 0 saturated carbocycles. The molecule has 0 aliphatic carbocycles. The Kier molecular flexibility index (Phi) is 22.1. The first-order chi connectivity index (χ1) is 15.6. The van der Waals surface area contributed by atoms with E-state index in [2.05, 4.69) is 20.7 Å². The lowest BCUT2D eigenvalue weighted by Gasteiger charge is -2.09. The third-order valence-electron chi connectivity index (χ3n) is 3.50. The highest BCUT2D eigenvalue weighted by Crippen LogP contribution is 1.84. The summed E-state index contributed by atoms with van der Waals surface area (Å²) in [7, 11) is 2.88. The predicted molar refractivity (Wildman–Crippen MR) is 112 cm³/mol. The molecule has 0 atom stereocenters. The standard InChI is InChI=1S/C19H37N3O10/c1-26-6-3-20-15-17(23)31-8-4-21-16-18(24)32-14-13-30-12-11-29-10-9-28-7-5-22-19(25)27-2/h20-21H,3-16H2,1-2H3,(H,22,25). The van der Waals surface area contributed by atoms with Crippen molar-refractivity contribution in [3.05, 3.63) is 0 Å². The molecule has 0 saturated heterocycles. The van der Waals surface area contributed by atoms with Gasteiger partial charge in [-0.2, -0.15) is 0 Å². The molecule has 0 aliphatic rings. The van der Waals surface area contributed by atoms with E-state index >= 15 is 0 Å². The summed E-state index contributed by atoms with van der Waals surface area (Å²) in [6.45, 7) is 4.42. The van der Waals surface area contributed by atoms with Crippen molar-refractivity contribution in [1.82, 2.24) is 16.0 Å². The third-order valence-corrected chi connectivity index (χ3v) is 3.50. The average Bonchev–Trinajstić information content (AvgIpc) is 2.79. The Morgan fingerprint density at radius 3 is 1.66 bits per heavy atom. The molecule has 0 spiro atoms. The van der Waals surface area contributed by atoms with Crippen LogP contribution in [0, 0.1) is 0 Å². The number of nitrogens with one attached hydrogen (secondary N) is 3. The number of alkyl carbamates (subject to hydrolysis) is 1. The molecule has 32 heavy (non-hydrogen) atoms. The number of methoxy groups -OCH3 is 2.